The van der Waals surface area contributed by atoms with Gasteiger partial charge in [0.15, 0.2) is 6.29 Å². The quantitative estimate of drug-likeness (QED) is 0.809. The van der Waals surface area contributed by atoms with Gasteiger partial charge in [0.05, 0.1) is 16.2 Å². The number of imidazole rings is 1. The Kier molecular flexibility index (Phi) is 4.04. The number of rotatable bonds is 4. The summed E-state index contributed by atoms with van der Waals surface area (Å²) in [4.78, 5) is 15.0. The van der Waals surface area contributed by atoms with Crippen LogP contribution in [0.4, 0.5) is 0 Å². The number of carbonyl (C=O) groups is 1. The van der Waals surface area contributed by atoms with Crippen LogP contribution < -0.4 is 4.74 Å². The van der Waals surface area contributed by atoms with E-state index in [1.807, 2.05) is 6.07 Å². The second-order valence-corrected chi connectivity index (χ2v) is 4.86. The summed E-state index contributed by atoms with van der Waals surface area (Å²) in [7, 11) is 1.80. The maximum atomic E-state index is 10.9. The van der Waals surface area contributed by atoms with Crippen molar-refractivity contribution in [3.05, 3.63) is 45.4 Å². The lowest BCUT2D eigenvalue weighted by Crippen LogP contribution is -2.05. The van der Waals surface area contributed by atoms with Crippen LogP contribution in [0, 0.1) is 0 Å². The third-order valence-electron chi connectivity index (χ3n) is 2.50. The van der Waals surface area contributed by atoms with Crippen molar-refractivity contribution >= 4 is 33.8 Å². The molecule has 1 aromatic carbocycles. The van der Waals surface area contributed by atoms with Gasteiger partial charge >= 0.3 is 0 Å². The molecule has 2 rings (SSSR count). The summed E-state index contributed by atoms with van der Waals surface area (Å²) in [5.74, 6) is 1.19. The second kappa shape index (κ2) is 5.54. The van der Waals surface area contributed by atoms with Crippen LogP contribution in [0.25, 0.3) is 0 Å². The Hall–Kier alpha value is -1.33. The van der Waals surface area contributed by atoms with E-state index in [4.69, 9.17) is 16.3 Å². The molecule has 0 spiro atoms. The van der Waals surface area contributed by atoms with Crippen molar-refractivity contribution in [3.63, 3.8) is 0 Å². The molecule has 0 atom stereocenters. The van der Waals surface area contributed by atoms with Gasteiger partial charge in [0.25, 0.3) is 0 Å². The van der Waals surface area contributed by atoms with Gasteiger partial charge in [-0.1, -0.05) is 17.7 Å². The van der Waals surface area contributed by atoms with Crippen molar-refractivity contribution in [1.82, 2.24) is 9.55 Å². The second-order valence-electron chi connectivity index (χ2n) is 3.62. The monoisotopic (exact) mass is 328 g/mol. The number of benzene rings is 1. The van der Waals surface area contributed by atoms with E-state index < -0.39 is 0 Å². The first-order valence-corrected chi connectivity index (χ1v) is 6.33. The van der Waals surface area contributed by atoms with Crippen molar-refractivity contribution in [3.8, 4) is 5.75 Å². The highest BCUT2D eigenvalue weighted by Gasteiger charge is 2.10. The van der Waals surface area contributed by atoms with Gasteiger partial charge in [0.2, 0.25) is 0 Å². The molecule has 0 unspecified atom stereocenters. The van der Waals surface area contributed by atoms with Gasteiger partial charge < -0.3 is 9.30 Å². The van der Waals surface area contributed by atoms with Crippen molar-refractivity contribution in [1.29, 1.82) is 0 Å². The van der Waals surface area contributed by atoms with Gasteiger partial charge in [-0.3, -0.25) is 4.79 Å². The summed E-state index contributed by atoms with van der Waals surface area (Å²) in [6.07, 6.45) is 2.31. The fraction of sp³-hybridized carbons (Fsp3) is 0.167. The molecule has 0 aliphatic rings. The average molecular weight is 330 g/mol. The molecule has 0 saturated carbocycles. The van der Waals surface area contributed by atoms with Crippen LogP contribution in [0.5, 0.6) is 5.75 Å². The number of hydrogen-bond acceptors (Lipinski definition) is 3. The molecule has 0 fully saturated rings. The number of aromatic nitrogens is 2. The largest absolute Gasteiger partial charge is 0.484 e. The van der Waals surface area contributed by atoms with Crippen molar-refractivity contribution in [2.24, 2.45) is 7.05 Å². The zero-order chi connectivity index (χ0) is 13.1. The Morgan fingerprint density at radius 1 is 1.56 bits per heavy atom. The molecule has 1 aromatic heterocycles. The SMILES string of the molecule is Cn1c(Cl)cnc1COc1c(Br)cccc1C=O. The standard InChI is InChI=1S/C12H10BrClN2O2/c1-16-10(14)5-15-11(16)7-18-12-8(6-17)3-2-4-9(12)13/h2-6H,7H2,1H3. The summed E-state index contributed by atoms with van der Waals surface area (Å²) in [5, 5.41) is 0.538. The first-order chi connectivity index (χ1) is 8.63. The third kappa shape index (κ3) is 2.57. The Morgan fingerprint density at radius 2 is 2.33 bits per heavy atom. The van der Waals surface area contributed by atoms with Gasteiger partial charge in [0.1, 0.15) is 23.3 Å². The summed E-state index contributed by atoms with van der Waals surface area (Å²) >= 11 is 9.23. The van der Waals surface area contributed by atoms with Gasteiger partial charge in [-0.25, -0.2) is 4.98 Å². The lowest BCUT2D eigenvalue weighted by atomic mass is 10.2. The van der Waals surface area contributed by atoms with Crippen LogP contribution in [0.1, 0.15) is 16.2 Å². The van der Waals surface area contributed by atoms with E-state index in [9.17, 15) is 4.79 Å². The van der Waals surface area contributed by atoms with Crippen molar-refractivity contribution < 1.29 is 9.53 Å². The van der Waals surface area contributed by atoms with Crippen LogP contribution in [0.15, 0.2) is 28.9 Å². The van der Waals surface area contributed by atoms with Crippen LogP contribution in [0.3, 0.4) is 0 Å². The van der Waals surface area contributed by atoms with E-state index in [1.165, 1.54) is 0 Å². The van der Waals surface area contributed by atoms with Crippen LogP contribution >= 0.6 is 27.5 Å². The average Bonchev–Trinajstić information content (AvgIpc) is 2.68. The normalized spacial score (nSPS) is 10.4. The number of carbonyl (C=O) groups excluding carboxylic acids is 1. The van der Waals surface area contributed by atoms with Gasteiger partial charge in [-0.05, 0) is 28.1 Å². The summed E-state index contributed by atoms with van der Waals surface area (Å²) in [6.45, 7) is 0.243. The van der Waals surface area contributed by atoms with Crippen LogP contribution in [0.2, 0.25) is 5.15 Å². The molecular weight excluding hydrogens is 320 g/mol. The number of halogens is 2. The molecular formula is C12H10BrClN2O2. The van der Waals surface area contributed by atoms with Crippen LogP contribution in [-0.4, -0.2) is 15.8 Å². The van der Waals surface area contributed by atoms with E-state index in [0.717, 1.165) is 10.8 Å². The Balaban J connectivity index is 2.20. The topological polar surface area (TPSA) is 44.1 Å². The Bertz CT molecular complexity index is 583. The summed E-state index contributed by atoms with van der Waals surface area (Å²) in [6, 6.07) is 5.28. The molecule has 0 saturated heterocycles. The lowest BCUT2D eigenvalue weighted by molar-refractivity contribution is 0.111. The first-order valence-electron chi connectivity index (χ1n) is 5.16. The van der Waals surface area contributed by atoms with Crippen LogP contribution in [-0.2, 0) is 13.7 Å². The molecule has 94 valence electrons. The van der Waals surface area contributed by atoms with Gasteiger partial charge in [0, 0.05) is 7.05 Å². The van der Waals surface area contributed by atoms with E-state index >= 15 is 0 Å². The molecule has 0 aliphatic heterocycles. The lowest BCUT2D eigenvalue weighted by Gasteiger charge is -2.10. The highest BCUT2D eigenvalue weighted by Crippen LogP contribution is 2.28. The van der Waals surface area contributed by atoms with Gasteiger partial charge in [-0.15, -0.1) is 0 Å². The van der Waals surface area contributed by atoms with E-state index in [2.05, 4.69) is 20.9 Å². The molecule has 0 bridgehead atoms. The molecule has 1 heterocycles. The smallest absolute Gasteiger partial charge is 0.153 e. The Labute approximate surface area is 118 Å². The summed E-state index contributed by atoms with van der Waals surface area (Å²) in [5.41, 5.74) is 0.490. The number of para-hydroxylation sites is 1. The number of hydrogen-bond donors (Lipinski definition) is 0. The maximum absolute atomic E-state index is 10.9. The van der Waals surface area contributed by atoms with Gasteiger partial charge in [-0.2, -0.15) is 0 Å². The van der Waals surface area contributed by atoms with Crippen molar-refractivity contribution in [2.45, 2.75) is 6.61 Å². The fourth-order valence-corrected chi connectivity index (χ4v) is 2.11. The minimum Gasteiger partial charge on any atom is -0.484 e. The minimum absolute atomic E-state index is 0.243. The highest BCUT2D eigenvalue weighted by molar-refractivity contribution is 9.10. The molecule has 0 N–H and O–H groups in total. The fourth-order valence-electron chi connectivity index (χ4n) is 1.47. The van der Waals surface area contributed by atoms with E-state index in [0.29, 0.717) is 22.3 Å². The first kappa shape index (κ1) is 13.1. The molecule has 6 heteroatoms. The molecule has 4 nitrogen and oxygen atoms in total. The maximum Gasteiger partial charge on any atom is 0.153 e. The molecule has 0 radical (unpaired) electrons. The van der Waals surface area contributed by atoms with E-state index in [1.54, 1.807) is 29.9 Å². The molecule has 2 aromatic rings. The highest BCUT2D eigenvalue weighted by atomic mass is 79.9. The third-order valence-corrected chi connectivity index (χ3v) is 3.47. The Morgan fingerprint density at radius 3 is 2.94 bits per heavy atom. The predicted octanol–water partition coefficient (Wildman–Crippen LogP) is 3.23. The number of nitrogens with zero attached hydrogens (tertiary/aromatic N) is 2. The van der Waals surface area contributed by atoms with E-state index in [-0.39, 0.29) is 6.61 Å². The number of ether oxygens (including phenoxy) is 1. The minimum atomic E-state index is 0.243. The summed E-state index contributed by atoms with van der Waals surface area (Å²) < 4.78 is 8.07. The molecule has 18 heavy (non-hydrogen) atoms. The molecule has 0 amide bonds. The zero-order valence-corrected chi connectivity index (χ0v) is 11.9. The number of aldehydes is 1. The van der Waals surface area contributed by atoms with Crippen molar-refractivity contribution in [2.75, 3.05) is 0 Å². The predicted molar refractivity (Wildman–Crippen MR) is 72.1 cm³/mol. The zero-order valence-electron chi connectivity index (χ0n) is 9.56. The molecule has 0 aliphatic carbocycles.